The van der Waals surface area contributed by atoms with E-state index in [-0.39, 0.29) is 29.0 Å². The van der Waals surface area contributed by atoms with E-state index >= 15 is 0 Å². The second-order valence-electron chi connectivity index (χ2n) is 3.77. The van der Waals surface area contributed by atoms with Gasteiger partial charge >= 0.3 is 11.9 Å². The normalized spacial score (nSPS) is 34.2. The number of carbonyl (C=O) groups excluding carboxylic acids is 2. The molecule has 0 bridgehead atoms. The average Bonchev–Trinajstić information content (AvgIpc) is 2.16. The van der Waals surface area contributed by atoms with Crippen molar-refractivity contribution in [3.05, 3.63) is 0 Å². The highest BCUT2D eigenvalue weighted by molar-refractivity contribution is 9.09. The Bertz CT molecular complexity index is 280. The van der Waals surface area contributed by atoms with Gasteiger partial charge in [0.1, 0.15) is 17.2 Å². The highest BCUT2D eigenvalue weighted by atomic mass is 79.9. The molecule has 16 heavy (non-hydrogen) atoms. The minimum absolute atomic E-state index is 0.106. The zero-order valence-electron chi connectivity index (χ0n) is 9.44. The van der Waals surface area contributed by atoms with Gasteiger partial charge in [-0.15, -0.1) is 0 Å². The van der Waals surface area contributed by atoms with Crippen LogP contribution in [0.15, 0.2) is 0 Å². The summed E-state index contributed by atoms with van der Waals surface area (Å²) in [5.74, 6) is -0.852. The lowest BCUT2D eigenvalue weighted by Gasteiger charge is -2.37. The number of halogens is 1. The number of esters is 2. The molecule has 0 spiro atoms. The first-order valence-electron chi connectivity index (χ1n) is 5.02. The van der Waals surface area contributed by atoms with Gasteiger partial charge < -0.3 is 14.2 Å². The Morgan fingerprint density at radius 3 is 2.31 bits per heavy atom. The van der Waals surface area contributed by atoms with E-state index in [2.05, 4.69) is 15.9 Å². The molecule has 0 aliphatic carbocycles. The molecule has 0 aromatic rings. The van der Waals surface area contributed by atoms with Gasteiger partial charge in [-0.05, 0) is 0 Å². The fourth-order valence-corrected chi connectivity index (χ4v) is 2.33. The van der Waals surface area contributed by atoms with Gasteiger partial charge in [0.2, 0.25) is 0 Å². The van der Waals surface area contributed by atoms with Crippen LogP contribution in [0.5, 0.6) is 0 Å². The van der Waals surface area contributed by atoms with Crippen LogP contribution in [0.1, 0.15) is 20.8 Å². The van der Waals surface area contributed by atoms with Crippen molar-refractivity contribution in [2.24, 2.45) is 5.92 Å². The standard InChI is InChI=1S/C10H15BrO5/c1-5-8(15-6(2)12)4-14-10(11)9(5)16-7(3)13/h5,8-10H,4H2,1-3H3. The monoisotopic (exact) mass is 294 g/mol. The molecule has 0 saturated carbocycles. The van der Waals surface area contributed by atoms with Crippen LogP contribution in [0, 0.1) is 5.92 Å². The Morgan fingerprint density at radius 2 is 1.81 bits per heavy atom. The molecule has 4 atom stereocenters. The number of carbonyl (C=O) groups is 2. The van der Waals surface area contributed by atoms with Gasteiger partial charge in [-0.3, -0.25) is 9.59 Å². The van der Waals surface area contributed by atoms with E-state index in [9.17, 15) is 9.59 Å². The van der Waals surface area contributed by atoms with Crippen LogP contribution in [-0.4, -0.2) is 35.8 Å². The minimum atomic E-state index is -0.449. The van der Waals surface area contributed by atoms with E-state index < -0.39 is 6.10 Å². The minimum Gasteiger partial charge on any atom is -0.460 e. The second-order valence-corrected chi connectivity index (χ2v) is 4.67. The van der Waals surface area contributed by atoms with Crippen molar-refractivity contribution in [2.45, 2.75) is 38.0 Å². The summed E-state index contributed by atoms with van der Waals surface area (Å²) < 4.78 is 15.6. The summed E-state index contributed by atoms with van der Waals surface area (Å²) in [6.07, 6.45) is -0.828. The van der Waals surface area contributed by atoms with Crippen molar-refractivity contribution >= 4 is 27.9 Å². The first-order chi connectivity index (χ1) is 7.41. The van der Waals surface area contributed by atoms with Crippen molar-refractivity contribution in [3.8, 4) is 0 Å². The van der Waals surface area contributed by atoms with Gasteiger partial charge in [0.05, 0.1) is 6.61 Å². The summed E-state index contributed by atoms with van der Waals surface area (Å²) in [6, 6.07) is 0. The third-order valence-corrected chi connectivity index (χ3v) is 3.19. The van der Waals surface area contributed by atoms with Crippen LogP contribution in [0.2, 0.25) is 0 Å². The molecule has 1 aliphatic rings. The smallest absolute Gasteiger partial charge is 0.303 e. The lowest BCUT2D eigenvalue weighted by molar-refractivity contribution is -0.183. The van der Waals surface area contributed by atoms with Crippen molar-refractivity contribution < 1.29 is 23.8 Å². The van der Waals surface area contributed by atoms with Crippen molar-refractivity contribution in [2.75, 3.05) is 6.61 Å². The van der Waals surface area contributed by atoms with E-state index in [0.29, 0.717) is 6.61 Å². The Morgan fingerprint density at radius 1 is 1.25 bits per heavy atom. The van der Waals surface area contributed by atoms with Crippen LogP contribution >= 0.6 is 15.9 Å². The summed E-state index contributed by atoms with van der Waals surface area (Å²) in [7, 11) is 0. The molecule has 1 saturated heterocycles. The average molecular weight is 295 g/mol. The summed E-state index contributed by atoms with van der Waals surface area (Å²) in [5, 5.41) is -0.363. The molecule has 92 valence electrons. The first kappa shape index (κ1) is 13.4. The van der Waals surface area contributed by atoms with Gasteiger partial charge in [0, 0.05) is 19.8 Å². The largest absolute Gasteiger partial charge is 0.460 e. The summed E-state index contributed by atoms with van der Waals surface area (Å²) in [4.78, 5) is 21.8. The Hall–Kier alpha value is -0.620. The molecule has 1 rings (SSSR count). The molecule has 6 heteroatoms. The number of hydrogen-bond donors (Lipinski definition) is 0. The SMILES string of the molecule is CC(=O)OC1COC(Br)C(OC(C)=O)C1C. The number of ether oxygens (including phenoxy) is 3. The lowest BCUT2D eigenvalue weighted by Crippen LogP contribution is -2.48. The molecular formula is C10H15BrO5. The lowest BCUT2D eigenvalue weighted by atomic mass is 9.96. The summed E-state index contributed by atoms with van der Waals surface area (Å²) in [6.45, 7) is 4.84. The molecule has 4 unspecified atom stereocenters. The van der Waals surface area contributed by atoms with E-state index in [1.54, 1.807) is 0 Å². The van der Waals surface area contributed by atoms with Crippen LogP contribution in [0.3, 0.4) is 0 Å². The molecule has 0 aromatic heterocycles. The van der Waals surface area contributed by atoms with Gasteiger partial charge in [-0.2, -0.15) is 0 Å². The fourth-order valence-electron chi connectivity index (χ4n) is 1.59. The zero-order chi connectivity index (χ0) is 12.3. The molecule has 1 fully saturated rings. The topological polar surface area (TPSA) is 61.8 Å². The maximum Gasteiger partial charge on any atom is 0.303 e. The highest BCUT2D eigenvalue weighted by Gasteiger charge is 2.40. The highest BCUT2D eigenvalue weighted by Crippen LogP contribution is 2.29. The van der Waals surface area contributed by atoms with Crippen LogP contribution < -0.4 is 0 Å². The van der Waals surface area contributed by atoms with E-state index in [0.717, 1.165) is 0 Å². The summed E-state index contributed by atoms with van der Waals surface area (Å²) in [5.41, 5.74) is 0. The molecule has 1 heterocycles. The zero-order valence-corrected chi connectivity index (χ0v) is 11.0. The van der Waals surface area contributed by atoms with E-state index in [4.69, 9.17) is 14.2 Å². The molecule has 0 aromatic carbocycles. The first-order valence-corrected chi connectivity index (χ1v) is 5.93. The molecule has 1 aliphatic heterocycles. The molecule has 5 nitrogen and oxygen atoms in total. The third-order valence-electron chi connectivity index (χ3n) is 2.40. The quantitative estimate of drug-likeness (QED) is 0.566. The molecule has 0 amide bonds. The van der Waals surface area contributed by atoms with Gasteiger partial charge in [0.25, 0.3) is 0 Å². The molecular weight excluding hydrogens is 280 g/mol. The second kappa shape index (κ2) is 5.63. The van der Waals surface area contributed by atoms with Crippen molar-refractivity contribution in [3.63, 3.8) is 0 Å². The number of hydrogen-bond acceptors (Lipinski definition) is 5. The van der Waals surface area contributed by atoms with E-state index in [1.807, 2.05) is 6.92 Å². The van der Waals surface area contributed by atoms with Crippen molar-refractivity contribution in [1.29, 1.82) is 0 Å². The number of alkyl halides is 1. The van der Waals surface area contributed by atoms with Crippen LogP contribution in [0.25, 0.3) is 0 Å². The van der Waals surface area contributed by atoms with Crippen LogP contribution in [-0.2, 0) is 23.8 Å². The summed E-state index contributed by atoms with van der Waals surface area (Å²) >= 11 is 3.28. The van der Waals surface area contributed by atoms with Gasteiger partial charge in [-0.1, -0.05) is 22.9 Å². The van der Waals surface area contributed by atoms with Crippen LogP contribution in [0.4, 0.5) is 0 Å². The van der Waals surface area contributed by atoms with Gasteiger partial charge in [-0.25, -0.2) is 0 Å². The Balaban J connectivity index is 2.66. The van der Waals surface area contributed by atoms with Crippen molar-refractivity contribution in [1.82, 2.24) is 0 Å². The number of rotatable bonds is 2. The predicted octanol–water partition coefficient (Wildman–Crippen LogP) is 1.24. The Kier molecular flexibility index (Phi) is 4.73. The van der Waals surface area contributed by atoms with Gasteiger partial charge in [0.15, 0.2) is 0 Å². The third kappa shape index (κ3) is 3.45. The Labute approximate surface area is 103 Å². The maximum absolute atomic E-state index is 10.9. The molecule has 0 radical (unpaired) electrons. The fraction of sp³-hybridized carbons (Fsp3) is 0.800. The van der Waals surface area contributed by atoms with E-state index in [1.165, 1.54) is 13.8 Å². The molecule has 0 N–H and O–H groups in total. The maximum atomic E-state index is 10.9. The predicted molar refractivity (Wildman–Crippen MR) is 58.9 cm³/mol.